The van der Waals surface area contributed by atoms with E-state index in [1.165, 1.54) is 17.0 Å². The zero-order chi connectivity index (χ0) is 18.3. The molecule has 0 aliphatic heterocycles. The maximum Gasteiger partial charge on any atom is 0.341 e. The van der Waals surface area contributed by atoms with Gasteiger partial charge in [0.05, 0.1) is 27.2 Å². The quantitative estimate of drug-likeness (QED) is 0.569. The molecule has 6 nitrogen and oxygen atoms in total. The molecule has 0 radical (unpaired) electrons. The summed E-state index contributed by atoms with van der Waals surface area (Å²) in [6.45, 7) is 3.60. The normalized spacial score (nSPS) is 10.2. The summed E-state index contributed by atoms with van der Waals surface area (Å²) in [4.78, 5) is 36.9. The van der Waals surface area contributed by atoms with Gasteiger partial charge in [0.1, 0.15) is 0 Å². The fraction of sp³-hybridized carbons (Fsp3) is 0.400. The molecule has 0 spiro atoms. The van der Waals surface area contributed by atoms with E-state index >= 15 is 0 Å². The van der Waals surface area contributed by atoms with Gasteiger partial charge in [-0.05, 0) is 26.0 Å². The molecule has 1 rings (SSSR count). The number of hydrogen-bond acceptors (Lipinski definition) is 4. The highest BCUT2D eigenvalue weighted by atomic mass is 35.5. The van der Waals surface area contributed by atoms with Crippen LogP contribution in [0.25, 0.3) is 0 Å². The number of nitrogens with zero attached hydrogens (tertiary/aromatic N) is 1. The van der Waals surface area contributed by atoms with Crippen molar-refractivity contribution in [2.24, 2.45) is 0 Å². The van der Waals surface area contributed by atoms with Crippen molar-refractivity contribution in [2.45, 2.75) is 13.8 Å². The smallest absolute Gasteiger partial charge is 0.341 e. The molecule has 0 fully saturated rings. The van der Waals surface area contributed by atoms with Crippen molar-refractivity contribution in [3.8, 4) is 0 Å². The highest BCUT2D eigenvalue weighted by molar-refractivity contribution is 6.46. The second kappa shape index (κ2) is 9.71. The third kappa shape index (κ3) is 5.54. The Labute approximate surface area is 155 Å². The van der Waals surface area contributed by atoms with Crippen LogP contribution in [0, 0.1) is 0 Å². The lowest BCUT2D eigenvalue weighted by atomic mass is 10.2. The van der Waals surface area contributed by atoms with Crippen molar-refractivity contribution in [3.05, 3.63) is 32.8 Å². The predicted molar refractivity (Wildman–Crippen MR) is 92.7 cm³/mol. The van der Waals surface area contributed by atoms with E-state index in [2.05, 4.69) is 5.32 Å². The summed E-state index contributed by atoms with van der Waals surface area (Å²) in [7, 11) is 0. The molecule has 132 valence electrons. The molecular formula is C15H17Cl3N2O4. The highest BCUT2D eigenvalue weighted by Crippen LogP contribution is 2.31. The predicted octanol–water partition coefficient (Wildman–Crippen LogP) is 2.79. The number of likely N-dealkylation sites (N-methyl/N-ethyl adjacent to an activating group) is 2. The first-order chi connectivity index (χ1) is 11.3. The molecule has 24 heavy (non-hydrogen) atoms. The van der Waals surface area contributed by atoms with Crippen molar-refractivity contribution >= 4 is 52.6 Å². The first-order valence-corrected chi connectivity index (χ1v) is 8.30. The van der Waals surface area contributed by atoms with Gasteiger partial charge in [-0.25, -0.2) is 4.79 Å². The Morgan fingerprint density at radius 2 is 1.75 bits per heavy atom. The molecule has 0 bridgehead atoms. The number of rotatable bonds is 7. The Morgan fingerprint density at radius 3 is 2.33 bits per heavy atom. The topological polar surface area (TPSA) is 75.7 Å². The lowest BCUT2D eigenvalue weighted by Crippen LogP contribution is -2.42. The molecule has 0 heterocycles. The van der Waals surface area contributed by atoms with Crippen LogP contribution in [0.3, 0.4) is 0 Å². The fourth-order valence-electron chi connectivity index (χ4n) is 1.81. The largest absolute Gasteiger partial charge is 0.452 e. The van der Waals surface area contributed by atoms with Gasteiger partial charge in [0.15, 0.2) is 6.61 Å². The van der Waals surface area contributed by atoms with Crippen LogP contribution in [-0.4, -0.2) is 48.9 Å². The number of carbonyl (C=O) groups is 3. The van der Waals surface area contributed by atoms with E-state index in [1.807, 2.05) is 0 Å². The summed E-state index contributed by atoms with van der Waals surface area (Å²) in [6, 6.07) is 2.85. The van der Waals surface area contributed by atoms with E-state index in [-0.39, 0.29) is 33.1 Å². The van der Waals surface area contributed by atoms with Gasteiger partial charge in [0.2, 0.25) is 5.91 Å². The summed E-state index contributed by atoms with van der Waals surface area (Å²) >= 11 is 17.7. The van der Waals surface area contributed by atoms with Crippen LogP contribution in [0.1, 0.15) is 24.2 Å². The Balaban J connectivity index is 2.71. The SMILES string of the molecule is CCNC(=O)CN(CC)C(=O)COC(=O)c1c(Cl)ccc(Cl)c1Cl. The van der Waals surface area contributed by atoms with Gasteiger partial charge in [-0.1, -0.05) is 34.8 Å². The number of hydrogen-bond donors (Lipinski definition) is 1. The van der Waals surface area contributed by atoms with E-state index in [0.717, 1.165) is 0 Å². The second-order valence-electron chi connectivity index (χ2n) is 4.66. The Kier molecular flexibility index (Phi) is 8.31. The summed E-state index contributed by atoms with van der Waals surface area (Å²) in [5.41, 5.74) is -0.106. The van der Waals surface area contributed by atoms with Gasteiger partial charge in [-0.2, -0.15) is 0 Å². The van der Waals surface area contributed by atoms with E-state index < -0.39 is 18.5 Å². The van der Waals surface area contributed by atoms with Crippen LogP contribution >= 0.6 is 34.8 Å². The maximum atomic E-state index is 12.1. The molecule has 0 saturated heterocycles. The van der Waals surface area contributed by atoms with Gasteiger partial charge < -0.3 is 15.0 Å². The van der Waals surface area contributed by atoms with Crippen molar-refractivity contribution in [1.29, 1.82) is 0 Å². The van der Waals surface area contributed by atoms with E-state index in [4.69, 9.17) is 39.5 Å². The van der Waals surface area contributed by atoms with Crippen molar-refractivity contribution < 1.29 is 19.1 Å². The average Bonchev–Trinajstić information content (AvgIpc) is 2.54. The van der Waals surface area contributed by atoms with E-state index in [0.29, 0.717) is 13.1 Å². The van der Waals surface area contributed by atoms with Crippen LogP contribution in [0.15, 0.2) is 12.1 Å². The lowest BCUT2D eigenvalue weighted by molar-refractivity contribution is -0.138. The Hall–Kier alpha value is -1.50. The van der Waals surface area contributed by atoms with Crippen LogP contribution in [0.5, 0.6) is 0 Å². The van der Waals surface area contributed by atoms with Gasteiger partial charge in [-0.15, -0.1) is 0 Å². The van der Waals surface area contributed by atoms with Gasteiger partial charge in [0, 0.05) is 13.1 Å². The zero-order valence-corrected chi connectivity index (χ0v) is 15.5. The van der Waals surface area contributed by atoms with Crippen molar-refractivity contribution in [2.75, 3.05) is 26.2 Å². The summed E-state index contributed by atoms with van der Waals surface area (Å²) in [6.07, 6.45) is 0. The summed E-state index contributed by atoms with van der Waals surface area (Å²) in [5.74, 6) is -1.67. The fourth-order valence-corrected chi connectivity index (χ4v) is 2.49. The number of halogens is 3. The number of nitrogens with one attached hydrogen (secondary N) is 1. The van der Waals surface area contributed by atoms with Crippen LogP contribution in [0.2, 0.25) is 15.1 Å². The van der Waals surface area contributed by atoms with Gasteiger partial charge in [-0.3, -0.25) is 9.59 Å². The monoisotopic (exact) mass is 394 g/mol. The first kappa shape index (κ1) is 20.5. The average molecular weight is 396 g/mol. The Morgan fingerprint density at radius 1 is 1.12 bits per heavy atom. The molecule has 1 N–H and O–H groups in total. The first-order valence-electron chi connectivity index (χ1n) is 7.16. The Bertz CT molecular complexity index is 637. The molecule has 0 unspecified atom stereocenters. The zero-order valence-electron chi connectivity index (χ0n) is 13.2. The molecular weight excluding hydrogens is 379 g/mol. The maximum absolute atomic E-state index is 12.1. The number of esters is 1. The summed E-state index contributed by atoms with van der Waals surface area (Å²) in [5, 5.41) is 2.75. The number of amides is 2. The molecule has 0 aliphatic rings. The molecule has 0 saturated carbocycles. The van der Waals surface area contributed by atoms with E-state index in [1.54, 1.807) is 13.8 Å². The van der Waals surface area contributed by atoms with Gasteiger partial charge in [0.25, 0.3) is 5.91 Å². The minimum Gasteiger partial charge on any atom is -0.452 e. The minimum absolute atomic E-state index is 0.0451. The number of ether oxygens (including phenoxy) is 1. The number of carbonyl (C=O) groups excluding carboxylic acids is 3. The molecule has 1 aromatic carbocycles. The number of benzene rings is 1. The van der Waals surface area contributed by atoms with Crippen molar-refractivity contribution in [1.82, 2.24) is 10.2 Å². The van der Waals surface area contributed by atoms with Crippen molar-refractivity contribution in [3.63, 3.8) is 0 Å². The second-order valence-corrected chi connectivity index (χ2v) is 5.85. The van der Waals surface area contributed by atoms with Crippen LogP contribution in [-0.2, 0) is 14.3 Å². The molecule has 9 heteroatoms. The van der Waals surface area contributed by atoms with E-state index in [9.17, 15) is 14.4 Å². The van der Waals surface area contributed by atoms with Crippen LogP contribution in [0.4, 0.5) is 0 Å². The molecule has 0 atom stereocenters. The van der Waals surface area contributed by atoms with Gasteiger partial charge >= 0.3 is 5.97 Å². The third-order valence-corrected chi connectivity index (χ3v) is 4.14. The molecule has 1 aromatic rings. The third-order valence-electron chi connectivity index (χ3n) is 3.02. The molecule has 0 aliphatic carbocycles. The summed E-state index contributed by atoms with van der Waals surface area (Å²) < 4.78 is 4.94. The van der Waals surface area contributed by atoms with Crippen LogP contribution < -0.4 is 5.32 Å². The lowest BCUT2D eigenvalue weighted by Gasteiger charge is -2.20. The highest BCUT2D eigenvalue weighted by Gasteiger charge is 2.22. The molecule has 0 aromatic heterocycles. The standard InChI is InChI=1S/C15H17Cl3N2O4/c1-3-19-11(21)7-20(4-2)12(22)8-24-15(23)13-9(16)5-6-10(17)14(13)18/h5-6H,3-4,7-8H2,1-2H3,(H,19,21). The molecule has 2 amide bonds. The minimum atomic E-state index is -0.866.